The zero-order chi connectivity index (χ0) is 18.3. The van der Waals surface area contributed by atoms with E-state index in [1.54, 1.807) is 0 Å². The van der Waals surface area contributed by atoms with Crippen molar-refractivity contribution in [2.45, 2.75) is 32.7 Å². The van der Waals surface area contributed by atoms with Gasteiger partial charge in [-0.3, -0.25) is 0 Å². The van der Waals surface area contributed by atoms with Gasteiger partial charge in [-0.25, -0.2) is 9.78 Å². The van der Waals surface area contributed by atoms with Crippen molar-refractivity contribution in [1.29, 1.82) is 0 Å². The van der Waals surface area contributed by atoms with Crippen LogP contribution in [0.5, 0.6) is 0 Å². The lowest BCUT2D eigenvalue weighted by Gasteiger charge is -2.29. The van der Waals surface area contributed by atoms with Gasteiger partial charge in [0.1, 0.15) is 5.82 Å². The lowest BCUT2D eigenvalue weighted by atomic mass is 10.00. The van der Waals surface area contributed by atoms with Gasteiger partial charge in [-0.2, -0.15) is 0 Å². The first-order valence-corrected chi connectivity index (χ1v) is 9.21. The largest absolute Gasteiger partial charge is 0.342 e. The fourth-order valence-corrected chi connectivity index (χ4v) is 3.61. The van der Waals surface area contributed by atoms with Crippen molar-refractivity contribution in [3.63, 3.8) is 0 Å². The predicted octanol–water partition coefficient (Wildman–Crippen LogP) is 4.93. The van der Waals surface area contributed by atoms with E-state index in [0.29, 0.717) is 19.0 Å². The monoisotopic (exact) mass is 368 g/mol. The van der Waals surface area contributed by atoms with Crippen molar-refractivity contribution < 1.29 is 4.79 Å². The van der Waals surface area contributed by atoms with E-state index < -0.39 is 0 Å². The molecule has 0 radical (unpaired) electrons. The van der Waals surface area contributed by atoms with Crippen LogP contribution < -0.4 is 5.32 Å². The summed E-state index contributed by atoms with van der Waals surface area (Å²) in [5.74, 6) is 1.29. The summed E-state index contributed by atoms with van der Waals surface area (Å²) in [7, 11) is 0. The number of aromatic amines is 1. The summed E-state index contributed by atoms with van der Waals surface area (Å²) in [5, 5.41) is 3.78. The molecule has 2 aromatic carbocycles. The summed E-state index contributed by atoms with van der Waals surface area (Å²) in [5.41, 5.74) is 4.87. The van der Waals surface area contributed by atoms with Gasteiger partial charge in [0.05, 0.1) is 11.0 Å². The van der Waals surface area contributed by atoms with Gasteiger partial charge in [-0.1, -0.05) is 37.6 Å². The maximum absolute atomic E-state index is 12.7. The van der Waals surface area contributed by atoms with Crippen LogP contribution in [0.1, 0.15) is 36.7 Å². The van der Waals surface area contributed by atoms with Gasteiger partial charge in [0.2, 0.25) is 0 Å². The van der Waals surface area contributed by atoms with Crippen LogP contribution in [0.25, 0.3) is 11.0 Å². The first kappa shape index (κ1) is 16.9. The zero-order valence-corrected chi connectivity index (χ0v) is 15.6. The van der Waals surface area contributed by atoms with Gasteiger partial charge < -0.3 is 15.2 Å². The van der Waals surface area contributed by atoms with Crippen LogP contribution in [-0.4, -0.2) is 27.4 Å². The lowest BCUT2D eigenvalue weighted by molar-refractivity contribution is 0.206. The van der Waals surface area contributed by atoms with E-state index in [1.165, 1.54) is 0 Å². The molecule has 0 fully saturated rings. The van der Waals surface area contributed by atoms with Crippen LogP contribution in [0.15, 0.2) is 36.4 Å². The number of nitrogens with one attached hydrogen (secondary N) is 2. The second-order valence-electron chi connectivity index (χ2n) is 6.99. The Morgan fingerprint density at radius 2 is 2.15 bits per heavy atom. The van der Waals surface area contributed by atoms with Gasteiger partial charge in [0.15, 0.2) is 0 Å². The number of hydrogen-bond donors (Lipinski definition) is 2. The van der Waals surface area contributed by atoms with Crippen molar-refractivity contribution in [3.8, 4) is 0 Å². The molecule has 5 nitrogen and oxygen atoms in total. The van der Waals surface area contributed by atoms with Crippen LogP contribution in [0, 0.1) is 0 Å². The molecule has 1 aliphatic rings. The number of amides is 2. The summed E-state index contributed by atoms with van der Waals surface area (Å²) >= 11 is 6.25. The molecule has 0 saturated heterocycles. The van der Waals surface area contributed by atoms with Crippen LogP contribution in [0.3, 0.4) is 0 Å². The van der Waals surface area contributed by atoms with E-state index in [-0.39, 0.29) is 6.03 Å². The Bertz CT molecular complexity index is 979. The van der Waals surface area contributed by atoms with Gasteiger partial charge in [0, 0.05) is 29.7 Å². The van der Waals surface area contributed by atoms with Gasteiger partial charge in [-0.05, 0) is 41.8 Å². The third kappa shape index (κ3) is 3.15. The zero-order valence-electron chi connectivity index (χ0n) is 14.8. The molecule has 26 heavy (non-hydrogen) atoms. The molecule has 0 aliphatic carbocycles. The second kappa shape index (κ2) is 6.65. The maximum atomic E-state index is 12.7. The Labute approximate surface area is 157 Å². The first-order valence-electron chi connectivity index (χ1n) is 8.83. The summed E-state index contributed by atoms with van der Waals surface area (Å²) in [6.07, 6.45) is 0.778. The number of urea groups is 1. The fraction of sp³-hybridized carbons (Fsp3) is 0.300. The Balaban J connectivity index is 1.50. The fourth-order valence-electron chi connectivity index (χ4n) is 3.32. The molecule has 2 heterocycles. The van der Waals surface area contributed by atoms with E-state index in [0.717, 1.165) is 45.1 Å². The van der Waals surface area contributed by atoms with Crippen LogP contribution >= 0.6 is 11.6 Å². The van der Waals surface area contributed by atoms with Crippen molar-refractivity contribution in [2.24, 2.45) is 0 Å². The van der Waals surface area contributed by atoms with Crippen molar-refractivity contribution in [1.82, 2.24) is 14.9 Å². The Morgan fingerprint density at radius 3 is 2.96 bits per heavy atom. The molecule has 1 aliphatic heterocycles. The molecule has 0 atom stereocenters. The molecule has 0 bridgehead atoms. The molecule has 0 unspecified atom stereocenters. The predicted molar refractivity (Wildman–Crippen MR) is 105 cm³/mol. The Kier molecular flexibility index (Phi) is 4.32. The second-order valence-corrected chi connectivity index (χ2v) is 7.40. The minimum absolute atomic E-state index is 0.0985. The highest BCUT2D eigenvalue weighted by Crippen LogP contribution is 2.26. The van der Waals surface area contributed by atoms with Crippen molar-refractivity contribution >= 4 is 34.4 Å². The van der Waals surface area contributed by atoms with E-state index in [9.17, 15) is 4.79 Å². The molecule has 0 saturated carbocycles. The Morgan fingerprint density at radius 1 is 1.31 bits per heavy atom. The van der Waals surface area contributed by atoms with Gasteiger partial charge in [-0.15, -0.1) is 0 Å². The minimum Gasteiger partial charge on any atom is -0.342 e. The molecule has 1 aromatic heterocycles. The summed E-state index contributed by atoms with van der Waals surface area (Å²) in [6, 6.07) is 11.5. The molecule has 2 N–H and O–H groups in total. The third-order valence-electron chi connectivity index (χ3n) is 4.79. The highest BCUT2D eigenvalue weighted by Gasteiger charge is 2.22. The van der Waals surface area contributed by atoms with Gasteiger partial charge in [0.25, 0.3) is 0 Å². The molecule has 2 amide bonds. The number of carbonyl (C=O) groups excluding carboxylic acids is 1. The smallest absolute Gasteiger partial charge is 0.322 e. The number of fused-ring (bicyclic) bond motifs is 2. The average molecular weight is 369 g/mol. The summed E-state index contributed by atoms with van der Waals surface area (Å²) < 4.78 is 0. The maximum Gasteiger partial charge on any atom is 0.322 e. The molecule has 4 rings (SSSR count). The number of hydrogen-bond acceptors (Lipinski definition) is 2. The normalized spacial score (nSPS) is 13.9. The van der Waals surface area contributed by atoms with E-state index in [4.69, 9.17) is 11.6 Å². The number of rotatable bonds is 2. The summed E-state index contributed by atoms with van der Waals surface area (Å²) in [4.78, 5) is 22.4. The van der Waals surface area contributed by atoms with Crippen LogP contribution in [0.2, 0.25) is 5.02 Å². The number of nitrogens with zero attached hydrogens (tertiary/aromatic N) is 2. The lowest BCUT2D eigenvalue weighted by Crippen LogP contribution is -2.38. The Hall–Kier alpha value is -2.53. The number of aromatic nitrogens is 2. The quantitative estimate of drug-likeness (QED) is 0.673. The third-order valence-corrected chi connectivity index (χ3v) is 5.15. The number of carbonyl (C=O) groups is 1. The average Bonchev–Trinajstić information content (AvgIpc) is 3.05. The summed E-state index contributed by atoms with van der Waals surface area (Å²) in [6.45, 7) is 5.43. The molecule has 134 valence electrons. The van der Waals surface area contributed by atoms with Crippen molar-refractivity contribution in [2.75, 3.05) is 11.9 Å². The SMILES string of the molecule is CC(C)c1nc2ccc(NC(=O)N3CCc4c(Cl)cccc4C3)cc2[nH]1. The molecule has 6 heteroatoms. The first-order chi connectivity index (χ1) is 12.5. The number of imidazole rings is 1. The molecular weight excluding hydrogens is 348 g/mol. The topological polar surface area (TPSA) is 61.0 Å². The van der Waals surface area contributed by atoms with Crippen LogP contribution in [0.4, 0.5) is 10.5 Å². The molecule has 0 spiro atoms. The van der Waals surface area contributed by atoms with E-state index in [2.05, 4.69) is 29.1 Å². The highest BCUT2D eigenvalue weighted by atomic mass is 35.5. The van der Waals surface area contributed by atoms with Crippen molar-refractivity contribution in [3.05, 3.63) is 58.4 Å². The number of benzene rings is 2. The standard InChI is InChI=1S/C20H21ClN4O/c1-12(2)19-23-17-7-6-14(10-18(17)24-19)22-20(26)25-9-8-15-13(11-25)4-3-5-16(15)21/h3-7,10,12H,8-9,11H2,1-2H3,(H,22,26)(H,23,24). The van der Waals surface area contributed by atoms with Gasteiger partial charge >= 0.3 is 6.03 Å². The molecule has 3 aromatic rings. The number of halogens is 1. The van der Waals surface area contributed by atoms with E-state index >= 15 is 0 Å². The highest BCUT2D eigenvalue weighted by molar-refractivity contribution is 6.31. The number of anilines is 1. The van der Waals surface area contributed by atoms with Crippen LogP contribution in [-0.2, 0) is 13.0 Å². The number of H-pyrrole nitrogens is 1. The minimum atomic E-state index is -0.0985. The van der Waals surface area contributed by atoms with E-state index in [1.807, 2.05) is 41.3 Å². The molecular formula is C20H21ClN4O.